The number of carbonyl (C=O) groups is 2. The van der Waals surface area contributed by atoms with Gasteiger partial charge in [-0.15, -0.1) is 0 Å². The number of benzene rings is 7. The van der Waals surface area contributed by atoms with Crippen molar-refractivity contribution >= 4 is 71.7 Å². The highest BCUT2D eigenvalue weighted by molar-refractivity contribution is 7.86. The minimum absolute atomic E-state index is 0.0282. The zero-order valence-corrected chi connectivity index (χ0v) is 40.7. The Morgan fingerprint density at radius 3 is 1.67 bits per heavy atom. The third kappa shape index (κ3) is 10.4. The van der Waals surface area contributed by atoms with Crippen LogP contribution in [-0.2, 0) is 33.3 Å². The Balaban J connectivity index is 1.26. The molecule has 0 unspecified atom stereocenters. The van der Waals surface area contributed by atoms with E-state index in [0.29, 0.717) is 51.5 Å². The smallest absolute Gasteiger partial charge is 0.319 e. The molecule has 4 amide bonds. The maximum atomic E-state index is 13.3. The van der Waals surface area contributed by atoms with Gasteiger partial charge in [-0.3, -0.25) is 9.11 Å². The molecule has 0 bridgehead atoms. The summed E-state index contributed by atoms with van der Waals surface area (Å²) < 4.78 is 80.4. The molecule has 6 aromatic rings. The molecule has 70 heavy (non-hydrogen) atoms. The van der Waals surface area contributed by atoms with Crippen LogP contribution in [0.5, 0.6) is 0 Å². The molecule has 0 radical (unpaired) electrons. The Morgan fingerprint density at radius 2 is 1.09 bits per heavy atom. The van der Waals surface area contributed by atoms with E-state index in [4.69, 9.17) is 9.41 Å². The first-order chi connectivity index (χ1) is 33.3. The van der Waals surface area contributed by atoms with E-state index in [9.17, 15) is 35.5 Å². The summed E-state index contributed by atoms with van der Waals surface area (Å²) in [5, 5.41) is 15.2. The molecule has 0 aromatic heterocycles. The van der Waals surface area contributed by atoms with Crippen molar-refractivity contribution in [2.24, 2.45) is 4.99 Å². The van der Waals surface area contributed by atoms with E-state index in [2.05, 4.69) is 26.6 Å². The highest BCUT2D eigenvalue weighted by Crippen LogP contribution is 2.44. The fourth-order valence-electron chi connectivity index (χ4n) is 8.71. The fraction of sp³-hybridized carbons (Fsp3) is 0.151. The van der Waals surface area contributed by atoms with E-state index in [0.717, 1.165) is 39.4 Å². The van der Waals surface area contributed by atoms with Crippen LogP contribution in [0.2, 0.25) is 0 Å². The Bertz CT molecular complexity index is 3640. The van der Waals surface area contributed by atoms with Crippen molar-refractivity contribution in [2.75, 3.05) is 16.0 Å². The van der Waals surface area contributed by atoms with Crippen LogP contribution < -0.4 is 31.9 Å². The van der Waals surface area contributed by atoms with E-state index < -0.39 is 36.1 Å². The van der Waals surface area contributed by atoms with Crippen molar-refractivity contribution in [2.45, 2.75) is 64.4 Å². The van der Waals surface area contributed by atoms with Crippen molar-refractivity contribution in [3.8, 4) is 22.5 Å². The summed E-state index contributed by atoms with van der Waals surface area (Å²) in [6.07, 6.45) is 0. The van der Waals surface area contributed by atoms with Gasteiger partial charge < -0.3 is 31.0 Å². The van der Waals surface area contributed by atoms with Gasteiger partial charge in [-0.05, 0) is 110 Å². The lowest BCUT2D eigenvalue weighted by molar-refractivity contribution is 0.251. The third-order valence-electron chi connectivity index (χ3n) is 12.0. The molecule has 1 aliphatic carbocycles. The second-order valence-electron chi connectivity index (χ2n) is 17.0. The summed E-state index contributed by atoms with van der Waals surface area (Å²) in [5.74, 6) is 0.0488. The first-order valence-corrected chi connectivity index (χ1v) is 24.9. The highest BCUT2D eigenvalue weighted by Gasteiger charge is 2.27. The number of carbonyl (C=O) groups excluding carboxylic acids is 2. The first kappa shape index (κ1) is 48.6. The summed E-state index contributed by atoms with van der Waals surface area (Å²) in [7, 11) is -9.88. The fourth-order valence-corrected chi connectivity index (χ4v) is 10.0. The summed E-state index contributed by atoms with van der Waals surface area (Å²) in [6, 6.07) is 35.1. The molecule has 0 fully saturated rings. The van der Waals surface area contributed by atoms with Gasteiger partial charge in [0.2, 0.25) is 0 Å². The Labute approximate surface area is 405 Å². The van der Waals surface area contributed by atoms with Crippen LogP contribution in [0.15, 0.2) is 147 Å². The van der Waals surface area contributed by atoms with Crippen molar-refractivity contribution < 1.29 is 39.9 Å². The number of nitrogens with one attached hydrogen (secondary N) is 5. The number of urea groups is 2. The number of hydrogen-bond acceptors (Lipinski definition) is 9. The Hall–Kier alpha value is -7.83. The molecule has 1 aliphatic heterocycles. The zero-order chi connectivity index (χ0) is 50.1. The van der Waals surface area contributed by atoms with Crippen molar-refractivity contribution in [3.63, 3.8) is 0 Å². The molecule has 0 saturated heterocycles. The lowest BCUT2D eigenvalue weighted by Crippen LogP contribution is -2.29. The van der Waals surface area contributed by atoms with Crippen molar-refractivity contribution in [1.29, 1.82) is 0 Å². The lowest BCUT2D eigenvalue weighted by Gasteiger charge is -2.21. The molecule has 0 atom stereocenters. The summed E-state index contributed by atoms with van der Waals surface area (Å²) >= 11 is 0. The molecule has 6 aromatic carbocycles. The van der Waals surface area contributed by atoms with E-state index in [1.54, 1.807) is 44.2 Å². The van der Waals surface area contributed by atoms with E-state index in [1.807, 2.05) is 94.4 Å². The molecule has 0 spiro atoms. The second kappa shape index (κ2) is 19.6. The first-order valence-electron chi connectivity index (χ1n) is 22.1. The lowest BCUT2D eigenvalue weighted by atomic mass is 9.93. The van der Waals surface area contributed by atoms with Crippen LogP contribution in [0.4, 0.5) is 38.0 Å². The Kier molecular flexibility index (Phi) is 13.6. The van der Waals surface area contributed by atoms with Crippen LogP contribution >= 0.6 is 0 Å². The van der Waals surface area contributed by atoms with Gasteiger partial charge in [0, 0.05) is 58.7 Å². The number of rotatable bonds is 12. The highest BCUT2D eigenvalue weighted by atomic mass is 32.2. The molecule has 17 heteroatoms. The predicted octanol–water partition coefficient (Wildman–Crippen LogP) is 11.2. The van der Waals surface area contributed by atoms with Crippen molar-refractivity contribution in [1.82, 2.24) is 10.6 Å². The van der Waals surface area contributed by atoms with Crippen LogP contribution in [0.1, 0.15) is 44.5 Å². The molecule has 8 rings (SSSR count). The number of nitrogens with zero attached hydrogens (tertiary/aromatic N) is 1. The molecular formula is C53H50N6O9S2. The summed E-state index contributed by atoms with van der Waals surface area (Å²) in [6.45, 7) is 11.6. The molecule has 7 N–H and O–H groups in total. The maximum Gasteiger partial charge on any atom is 0.319 e. The van der Waals surface area contributed by atoms with E-state index in [-0.39, 0.29) is 46.0 Å². The van der Waals surface area contributed by atoms with Gasteiger partial charge in [0.25, 0.3) is 20.2 Å². The quantitative estimate of drug-likeness (QED) is 0.0452. The van der Waals surface area contributed by atoms with Gasteiger partial charge in [0.1, 0.15) is 21.1 Å². The SMILES string of the molecule is Cc1cc(C)c(NC(=O)NCc2ccccc2)c(C)c1N=c1cc2oc3cc(Nc4c(C)cc(C)c(NC(=O)NCc5ccccc5)c4C)ccc3c(-c3ccccc3S(=O)(=O)O)c-2cc1S(=O)(=O)O. The zero-order valence-electron chi connectivity index (χ0n) is 39.1. The summed E-state index contributed by atoms with van der Waals surface area (Å²) in [5.41, 5.74) is 9.29. The maximum absolute atomic E-state index is 13.3. The minimum Gasteiger partial charge on any atom is -0.456 e. The Morgan fingerprint density at radius 1 is 0.557 bits per heavy atom. The number of hydrogen-bond donors (Lipinski definition) is 7. The standard InChI is InChI=1S/C53H50N6O9S2/c1-30-23-32(3)50(58-52(60)54-28-36-15-9-7-10-16-36)34(5)48(30)56-38-21-22-39-43(25-38)68-44-27-42(46(70(65,66)67)26-41(44)47(39)40-19-13-14-20-45(40)69(62,63)64)57-49-31(2)24-33(4)51(35(49)6)59-53(61)55-29-37-17-11-8-12-18-37/h7-27,56H,28-29H2,1-6H3,(H2,54,58,60)(H2,55,59,61)(H,62,63,64)(H,65,66,67). The largest absolute Gasteiger partial charge is 0.456 e. The average Bonchev–Trinajstić information content (AvgIpc) is 3.32. The van der Waals surface area contributed by atoms with Crippen LogP contribution in [0.25, 0.3) is 33.4 Å². The van der Waals surface area contributed by atoms with Gasteiger partial charge >= 0.3 is 12.1 Å². The monoisotopic (exact) mass is 978 g/mol. The van der Waals surface area contributed by atoms with Gasteiger partial charge in [0.15, 0.2) is 0 Å². The molecule has 15 nitrogen and oxygen atoms in total. The van der Waals surface area contributed by atoms with Gasteiger partial charge in [-0.1, -0.05) is 91.0 Å². The van der Waals surface area contributed by atoms with Gasteiger partial charge in [0.05, 0.1) is 22.4 Å². The average molecular weight is 979 g/mol. The number of amides is 4. The number of aryl methyl sites for hydroxylation is 4. The molecule has 2 aliphatic rings. The predicted molar refractivity (Wildman–Crippen MR) is 272 cm³/mol. The van der Waals surface area contributed by atoms with Crippen LogP contribution in [0.3, 0.4) is 0 Å². The topological polar surface area (TPSA) is 229 Å². The number of anilines is 4. The third-order valence-corrected chi connectivity index (χ3v) is 13.8. The van der Waals surface area contributed by atoms with Gasteiger partial charge in [-0.2, -0.15) is 16.8 Å². The second-order valence-corrected chi connectivity index (χ2v) is 19.8. The van der Waals surface area contributed by atoms with Crippen LogP contribution in [-0.4, -0.2) is 38.0 Å². The minimum atomic E-state index is -5.04. The normalized spacial score (nSPS) is 12.0. The number of fused-ring (bicyclic) bond motifs is 2. The summed E-state index contributed by atoms with van der Waals surface area (Å²) in [4.78, 5) is 30.0. The van der Waals surface area contributed by atoms with Gasteiger partial charge in [-0.25, -0.2) is 14.6 Å². The molecule has 1 heterocycles. The molecule has 358 valence electrons. The van der Waals surface area contributed by atoms with E-state index >= 15 is 0 Å². The van der Waals surface area contributed by atoms with Crippen molar-refractivity contribution in [3.05, 3.63) is 177 Å². The molecular weight excluding hydrogens is 929 g/mol. The van der Waals surface area contributed by atoms with Crippen LogP contribution in [0, 0.1) is 41.5 Å². The molecule has 0 saturated carbocycles. The van der Waals surface area contributed by atoms with E-state index in [1.165, 1.54) is 24.3 Å².